The minimum absolute atomic E-state index is 0.269. The molecule has 0 aliphatic heterocycles. The average Bonchev–Trinajstić information content (AvgIpc) is 2.27. The molecule has 0 bridgehead atoms. The normalized spacial score (nSPS) is 10.4. The Bertz CT molecular complexity index is 686. The van der Waals surface area contributed by atoms with Crippen LogP contribution in [0.4, 0.5) is 11.4 Å². The summed E-state index contributed by atoms with van der Waals surface area (Å²) in [4.78, 5) is 18.7. The van der Waals surface area contributed by atoms with Gasteiger partial charge in [-0.05, 0) is 0 Å². The molecule has 0 aliphatic carbocycles. The molecule has 0 radical (unpaired) electrons. The Morgan fingerprint density at radius 1 is 1.11 bits per heavy atom. The average molecular weight is 254 g/mol. The molecule has 1 aromatic carbocycles. The van der Waals surface area contributed by atoms with Crippen LogP contribution in [0.3, 0.4) is 0 Å². The largest absolute Gasteiger partial charge is 0.590 e. The molecule has 0 N–H and O–H groups in total. The maximum Gasteiger partial charge on any atom is 0.326 e. The van der Waals surface area contributed by atoms with Gasteiger partial charge in [0.2, 0.25) is 0 Å². The second-order valence-electron chi connectivity index (χ2n) is 3.06. The molecule has 0 spiro atoms. The first-order valence-electron chi connectivity index (χ1n) is 4.24. The molecule has 0 unspecified atom stereocenters. The summed E-state index contributed by atoms with van der Waals surface area (Å²) in [5.74, 6) is 0. The maximum absolute atomic E-state index is 11.2. The van der Waals surface area contributed by atoms with E-state index in [4.69, 9.17) is 0 Å². The van der Waals surface area contributed by atoms with Crippen LogP contribution in [0.2, 0.25) is 0 Å². The van der Waals surface area contributed by atoms with Crippen LogP contribution in [0, 0.1) is 30.6 Å². The first-order chi connectivity index (χ1) is 8.40. The number of benzene rings is 1. The van der Waals surface area contributed by atoms with E-state index in [1.807, 2.05) is 0 Å². The Morgan fingerprint density at radius 2 is 1.78 bits per heavy atom. The highest BCUT2D eigenvalue weighted by molar-refractivity contribution is 5.83. The minimum atomic E-state index is -0.984. The number of rotatable bonds is 2. The summed E-state index contributed by atoms with van der Waals surface area (Å²) in [6.45, 7) is 0. The third-order valence-electron chi connectivity index (χ3n) is 2.01. The predicted octanol–water partition coefficient (Wildman–Crippen LogP) is -1.29. The zero-order chi connectivity index (χ0) is 13.4. The van der Waals surface area contributed by atoms with E-state index in [-0.39, 0.29) is 4.85 Å². The van der Waals surface area contributed by atoms with Gasteiger partial charge in [-0.25, -0.2) is 0 Å². The summed E-state index contributed by atoms with van der Waals surface area (Å²) in [6.07, 6.45) is 0. The van der Waals surface area contributed by atoms with Crippen LogP contribution in [0.25, 0.3) is 11.0 Å². The van der Waals surface area contributed by atoms with E-state index < -0.39 is 37.2 Å². The standard InChI is InChI=1S/C6H2N6O6/c13-9-4-1-3(10(14)15)2-5(11(16)17)6(4)7-12(18)8-9/h1-2H. The third-order valence-corrected chi connectivity index (χ3v) is 2.01. The number of hydrogen-bond donors (Lipinski definition) is 0. The van der Waals surface area contributed by atoms with Crippen molar-refractivity contribution in [3.63, 3.8) is 0 Å². The molecule has 0 atom stereocenters. The quantitative estimate of drug-likeness (QED) is 0.276. The van der Waals surface area contributed by atoms with E-state index in [1.54, 1.807) is 0 Å². The summed E-state index contributed by atoms with van der Waals surface area (Å²) >= 11 is 0. The van der Waals surface area contributed by atoms with Crippen LogP contribution in [-0.2, 0) is 0 Å². The first-order valence-corrected chi connectivity index (χ1v) is 4.24. The van der Waals surface area contributed by atoms with Crippen molar-refractivity contribution in [3.05, 3.63) is 42.8 Å². The van der Waals surface area contributed by atoms with E-state index in [9.17, 15) is 30.6 Å². The number of nitro groups is 2. The van der Waals surface area contributed by atoms with E-state index in [2.05, 4.69) is 10.3 Å². The van der Waals surface area contributed by atoms with Crippen LogP contribution in [-0.4, -0.2) is 20.2 Å². The van der Waals surface area contributed by atoms with Crippen molar-refractivity contribution < 1.29 is 19.7 Å². The molecule has 0 aliphatic rings. The Labute approximate surface area is 96.1 Å². The van der Waals surface area contributed by atoms with Gasteiger partial charge < -0.3 is 10.4 Å². The Balaban J connectivity index is 2.94. The zero-order valence-corrected chi connectivity index (χ0v) is 8.29. The number of fused-ring (bicyclic) bond motifs is 1. The van der Waals surface area contributed by atoms with Crippen molar-refractivity contribution in [1.82, 2.24) is 10.3 Å². The summed E-state index contributed by atoms with van der Waals surface area (Å²) in [5.41, 5.74) is -2.62. The number of nitro benzene ring substituents is 2. The van der Waals surface area contributed by atoms with Gasteiger partial charge in [-0.15, -0.1) is 0 Å². The third kappa shape index (κ3) is 1.66. The molecule has 0 fully saturated rings. The van der Waals surface area contributed by atoms with Gasteiger partial charge in [-0.3, -0.25) is 20.2 Å². The van der Waals surface area contributed by atoms with Crippen molar-refractivity contribution in [3.8, 4) is 0 Å². The molecule has 0 saturated heterocycles. The summed E-state index contributed by atoms with van der Waals surface area (Å²) in [6, 6.07) is 1.35. The fourth-order valence-corrected chi connectivity index (χ4v) is 1.31. The van der Waals surface area contributed by atoms with Gasteiger partial charge in [0, 0.05) is 4.85 Å². The molecule has 12 heteroatoms. The molecule has 92 valence electrons. The van der Waals surface area contributed by atoms with Crippen LogP contribution >= 0.6 is 0 Å². The molecule has 18 heavy (non-hydrogen) atoms. The second-order valence-corrected chi connectivity index (χ2v) is 3.06. The van der Waals surface area contributed by atoms with Gasteiger partial charge in [0.25, 0.3) is 16.7 Å². The molecular formula is C6H2N6O6. The van der Waals surface area contributed by atoms with Gasteiger partial charge in [-0.1, -0.05) is 0 Å². The number of hydrogen-bond acceptors (Lipinski definition) is 8. The fraction of sp³-hybridized carbons (Fsp3) is 0. The summed E-state index contributed by atoms with van der Waals surface area (Å²) < 4.78 is 0. The number of aromatic nitrogens is 4. The highest BCUT2D eigenvalue weighted by Crippen LogP contribution is 2.26. The van der Waals surface area contributed by atoms with Crippen molar-refractivity contribution in [2.45, 2.75) is 0 Å². The van der Waals surface area contributed by atoms with Gasteiger partial charge in [0.1, 0.15) is 4.96 Å². The Morgan fingerprint density at radius 3 is 2.33 bits per heavy atom. The van der Waals surface area contributed by atoms with Gasteiger partial charge >= 0.3 is 10.9 Å². The topological polar surface area (TPSA) is 166 Å². The second kappa shape index (κ2) is 3.69. The van der Waals surface area contributed by atoms with Crippen molar-refractivity contribution in [2.75, 3.05) is 0 Å². The Kier molecular flexibility index (Phi) is 2.32. The van der Waals surface area contributed by atoms with Crippen LogP contribution in [0.15, 0.2) is 12.1 Å². The monoisotopic (exact) mass is 254 g/mol. The summed E-state index contributed by atoms with van der Waals surface area (Å²) in [7, 11) is 0. The number of non-ortho nitro benzene ring substituents is 2. The lowest BCUT2D eigenvalue weighted by Gasteiger charge is -1.97. The first kappa shape index (κ1) is 11.3. The molecule has 0 saturated carbocycles. The molecule has 12 nitrogen and oxygen atoms in total. The molecule has 1 heterocycles. The van der Waals surface area contributed by atoms with Crippen molar-refractivity contribution in [1.29, 1.82) is 0 Å². The lowest BCUT2D eigenvalue weighted by atomic mass is 10.2. The minimum Gasteiger partial charge on any atom is -0.590 e. The Hall–Kier alpha value is -3.18. The molecule has 2 aromatic rings. The fourth-order valence-electron chi connectivity index (χ4n) is 1.31. The van der Waals surface area contributed by atoms with Gasteiger partial charge in [0.15, 0.2) is 0 Å². The van der Waals surface area contributed by atoms with Crippen LogP contribution in [0.5, 0.6) is 0 Å². The molecule has 0 amide bonds. The predicted molar refractivity (Wildman–Crippen MR) is 50.8 cm³/mol. The molecular weight excluding hydrogens is 252 g/mol. The zero-order valence-electron chi connectivity index (χ0n) is 8.29. The smallest absolute Gasteiger partial charge is 0.326 e. The van der Waals surface area contributed by atoms with Crippen LogP contribution < -0.4 is 9.80 Å². The SMILES string of the molecule is O=[N+]([O-])c1cc([N+](=O)[O-])c2n[n+]([O-])n[n+]([O-])c2c1. The molecule has 2 rings (SSSR count). The lowest BCUT2D eigenvalue weighted by Crippen LogP contribution is -2.50. The highest BCUT2D eigenvalue weighted by Gasteiger charge is 2.29. The molecule has 1 aromatic heterocycles. The van der Waals surface area contributed by atoms with E-state index >= 15 is 0 Å². The van der Waals surface area contributed by atoms with E-state index in [0.29, 0.717) is 6.07 Å². The number of nitrogens with zero attached hydrogens (tertiary/aromatic N) is 6. The summed E-state index contributed by atoms with van der Waals surface area (Å²) in [5, 5.41) is 49.2. The lowest BCUT2D eigenvalue weighted by molar-refractivity contribution is -0.863. The van der Waals surface area contributed by atoms with Crippen LogP contribution in [0.1, 0.15) is 0 Å². The van der Waals surface area contributed by atoms with E-state index in [1.165, 1.54) is 0 Å². The van der Waals surface area contributed by atoms with Gasteiger partial charge in [0.05, 0.1) is 27.1 Å². The highest BCUT2D eigenvalue weighted by atomic mass is 16.6. The maximum atomic E-state index is 11.2. The van der Waals surface area contributed by atoms with E-state index in [0.717, 1.165) is 6.07 Å². The van der Waals surface area contributed by atoms with Gasteiger partial charge in [-0.2, -0.15) is 0 Å². The van der Waals surface area contributed by atoms with Crippen molar-refractivity contribution >= 4 is 22.4 Å². The van der Waals surface area contributed by atoms with Crippen molar-refractivity contribution in [2.24, 2.45) is 0 Å².